The van der Waals surface area contributed by atoms with Gasteiger partial charge in [-0.15, -0.1) is 11.3 Å². The van der Waals surface area contributed by atoms with Gasteiger partial charge in [0.1, 0.15) is 5.52 Å². The Morgan fingerprint density at radius 3 is 2.76 bits per heavy atom. The molecule has 1 aliphatic rings. The lowest BCUT2D eigenvalue weighted by atomic mass is 10.1. The van der Waals surface area contributed by atoms with Crippen molar-refractivity contribution in [3.63, 3.8) is 0 Å². The number of anilines is 2. The Balaban J connectivity index is 1.71. The molecule has 114 valence electrons. The van der Waals surface area contributed by atoms with E-state index < -0.39 is 10.0 Å². The van der Waals surface area contributed by atoms with Crippen molar-refractivity contribution in [2.75, 3.05) is 30.4 Å². The van der Waals surface area contributed by atoms with E-state index in [4.69, 9.17) is 5.73 Å². The van der Waals surface area contributed by atoms with E-state index in [-0.39, 0.29) is 6.04 Å². The number of thiazole rings is 1. The normalized spacial score (nSPS) is 18.1. The van der Waals surface area contributed by atoms with Gasteiger partial charge in [0.15, 0.2) is 0 Å². The predicted molar refractivity (Wildman–Crippen MR) is 87.1 cm³/mol. The van der Waals surface area contributed by atoms with E-state index in [0.29, 0.717) is 18.8 Å². The molecule has 3 rings (SSSR count). The lowest BCUT2D eigenvalue weighted by Gasteiger charge is -2.31. The van der Waals surface area contributed by atoms with Crippen LogP contribution in [-0.4, -0.2) is 43.1 Å². The Morgan fingerprint density at radius 1 is 1.38 bits per heavy atom. The molecule has 1 fully saturated rings. The zero-order valence-corrected chi connectivity index (χ0v) is 13.4. The number of rotatable bonds is 3. The van der Waals surface area contributed by atoms with Crippen LogP contribution in [0.15, 0.2) is 17.6 Å². The van der Waals surface area contributed by atoms with Crippen molar-refractivity contribution in [3.8, 4) is 0 Å². The Hall–Kier alpha value is -1.38. The summed E-state index contributed by atoms with van der Waals surface area (Å²) in [5, 5.41) is 3.42. The number of sulfonamides is 1. The second kappa shape index (κ2) is 5.43. The van der Waals surface area contributed by atoms with Gasteiger partial charge >= 0.3 is 0 Å². The summed E-state index contributed by atoms with van der Waals surface area (Å²) < 4.78 is 25.6. The summed E-state index contributed by atoms with van der Waals surface area (Å²) in [6, 6.07) is 4.22. The maximum absolute atomic E-state index is 11.5. The fraction of sp³-hybridized carbons (Fsp3) is 0.462. The molecule has 0 unspecified atom stereocenters. The Labute approximate surface area is 128 Å². The molecule has 1 saturated heterocycles. The summed E-state index contributed by atoms with van der Waals surface area (Å²) >= 11 is 1.57. The minimum Gasteiger partial charge on any atom is -0.395 e. The van der Waals surface area contributed by atoms with Crippen LogP contribution in [0.1, 0.15) is 12.8 Å². The molecule has 8 heteroatoms. The second-order valence-electron chi connectivity index (χ2n) is 5.31. The van der Waals surface area contributed by atoms with Crippen LogP contribution in [0.2, 0.25) is 0 Å². The van der Waals surface area contributed by atoms with Crippen molar-refractivity contribution in [1.29, 1.82) is 0 Å². The molecule has 2 aromatic rings. The first-order valence-corrected chi connectivity index (χ1v) is 9.51. The van der Waals surface area contributed by atoms with E-state index in [9.17, 15) is 8.42 Å². The van der Waals surface area contributed by atoms with Crippen LogP contribution in [0.3, 0.4) is 0 Å². The van der Waals surface area contributed by atoms with Crippen molar-refractivity contribution in [3.05, 3.63) is 17.6 Å². The summed E-state index contributed by atoms with van der Waals surface area (Å²) in [5.74, 6) is 0. The van der Waals surface area contributed by atoms with Gasteiger partial charge in [0.25, 0.3) is 0 Å². The number of hydrogen-bond donors (Lipinski definition) is 2. The first-order valence-electron chi connectivity index (χ1n) is 6.78. The molecule has 21 heavy (non-hydrogen) atoms. The highest BCUT2D eigenvalue weighted by Gasteiger charge is 2.25. The average molecular weight is 326 g/mol. The van der Waals surface area contributed by atoms with Gasteiger partial charge in [0.2, 0.25) is 10.0 Å². The molecule has 0 spiro atoms. The largest absolute Gasteiger partial charge is 0.395 e. The Kier molecular flexibility index (Phi) is 3.76. The monoisotopic (exact) mass is 326 g/mol. The molecule has 0 radical (unpaired) electrons. The second-order valence-corrected chi connectivity index (χ2v) is 8.18. The van der Waals surface area contributed by atoms with E-state index in [2.05, 4.69) is 10.3 Å². The van der Waals surface area contributed by atoms with Crippen molar-refractivity contribution in [2.24, 2.45) is 0 Å². The van der Waals surface area contributed by atoms with Crippen molar-refractivity contribution in [1.82, 2.24) is 9.29 Å². The van der Waals surface area contributed by atoms with E-state index >= 15 is 0 Å². The third kappa shape index (κ3) is 2.97. The number of piperidine rings is 1. The maximum Gasteiger partial charge on any atom is 0.211 e. The molecule has 6 nitrogen and oxygen atoms in total. The number of benzene rings is 1. The zero-order valence-electron chi connectivity index (χ0n) is 11.7. The minimum atomic E-state index is -3.08. The topological polar surface area (TPSA) is 88.3 Å². The highest BCUT2D eigenvalue weighted by atomic mass is 32.2. The molecule has 0 bridgehead atoms. The maximum atomic E-state index is 11.5. The number of nitrogen functional groups attached to an aromatic ring is 1. The Morgan fingerprint density at radius 2 is 2.10 bits per heavy atom. The fourth-order valence-corrected chi connectivity index (χ4v) is 4.20. The van der Waals surface area contributed by atoms with Gasteiger partial charge in [-0.1, -0.05) is 0 Å². The van der Waals surface area contributed by atoms with Crippen LogP contribution in [0.4, 0.5) is 11.4 Å². The van der Waals surface area contributed by atoms with Gasteiger partial charge in [0.05, 0.1) is 27.8 Å². The SMILES string of the molecule is CS(=O)(=O)N1CCC(Nc2ccc3scnc3c2N)CC1. The quantitative estimate of drug-likeness (QED) is 0.838. The smallest absolute Gasteiger partial charge is 0.211 e. The van der Waals surface area contributed by atoms with E-state index in [1.54, 1.807) is 16.8 Å². The van der Waals surface area contributed by atoms with Crippen LogP contribution < -0.4 is 11.1 Å². The molecular formula is C13H18N4O2S2. The molecule has 2 heterocycles. The lowest BCUT2D eigenvalue weighted by molar-refractivity contribution is 0.332. The summed E-state index contributed by atoms with van der Waals surface area (Å²) in [6.45, 7) is 1.10. The number of nitrogens with two attached hydrogens (primary N) is 1. The van der Waals surface area contributed by atoms with Gasteiger partial charge in [-0.05, 0) is 25.0 Å². The third-order valence-electron chi connectivity index (χ3n) is 3.82. The van der Waals surface area contributed by atoms with Crippen LogP contribution >= 0.6 is 11.3 Å². The number of nitrogens with one attached hydrogen (secondary N) is 1. The molecule has 0 aliphatic carbocycles. The average Bonchev–Trinajstić information content (AvgIpc) is 2.91. The van der Waals surface area contributed by atoms with Crippen molar-refractivity contribution >= 4 is 43.0 Å². The summed E-state index contributed by atoms with van der Waals surface area (Å²) in [5.41, 5.74) is 10.3. The highest BCUT2D eigenvalue weighted by molar-refractivity contribution is 7.88. The molecule has 0 atom stereocenters. The Bertz CT molecular complexity index is 749. The third-order valence-corrected chi connectivity index (χ3v) is 5.92. The first-order chi connectivity index (χ1) is 9.95. The van der Waals surface area contributed by atoms with Gasteiger partial charge in [-0.3, -0.25) is 0 Å². The number of fused-ring (bicyclic) bond motifs is 1. The number of nitrogens with zero attached hydrogens (tertiary/aromatic N) is 2. The summed E-state index contributed by atoms with van der Waals surface area (Å²) in [4.78, 5) is 4.28. The van der Waals surface area contributed by atoms with Crippen LogP contribution in [0, 0.1) is 0 Å². The van der Waals surface area contributed by atoms with Gasteiger partial charge < -0.3 is 11.1 Å². The standard InChI is InChI=1S/C13H18N4O2S2/c1-21(18,19)17-6-4-9(5-7-17)16-10-2-3-11-13(12(10)14)15-8-20-11/h2-3,8-9,16H,4-7,14H2,1H3. The van der Waals surface area contributed by atoms with E-state index in [1.807, 2.05) is 12.1 Å². The molecule has 1 aromatic heterocycles. The van der Waals surface area contributed by atoms with Gasteiger partial charge in [-0.25, -0.2) is 17.7 Å². The van der Waals surface area contributed by atoms with Crippen LogP contribution in [0.5, 0.6) is 0 Å². The van der Waals surface area contributed by atoms with E-state index in [1.165, 1.54) is 10.6 Å². The first kappa shape index (κ1) is 14.6. The minimum absolute atomic E-state index is 0.237. The molecule has 1 aliphatic heterocycles. The summed E-state index contributed by atoms with van der Waals surface area (Å²) in [7, 11) is -3.08. The van der Waals surface area contributed by atoms with Gasteiger partial charge in [-0.2, -0.15) is 0 Å². The molecule has 3 N–H and O–H groups in total. The van der Waals surface area contributed by atoms with Crippen LogP contribution in [-0.2, 0) is 10.0 Å². The fourth-order valence-electron chi connectivity index (χ4n) is 2.63. The van der Waals surface area contributed by atoms with Crippen molar-refractivity contribution in [2.45, 2.75) is 18.9 Å². The number of aromatic nitrogens is 1. The molecular weight excluding hydrogens is 308 g/mol. The van der Waals surface area contributed by atoms with Gasteiger partial charge in [0, 0.05) is 19.1 Å². The lowest BCUT2D eigenvalue weighted by Crippen LogP contribution is -2.41. The molecule has 0 saturated carbocycles. The van der Waals surface area contributed by atoms with Crippen molar-refractivity contribution < 1.29 is 8.42 Å². The number of hydrogen-bond acceptors (Lipinski definition) is 6. The predicted octanol–water partition coefficient (Wildman–Crippen LogP) is 1.71. The van der Waals surface area contributed by atoms with E-state index in [0.717, 1.165) is 28.7 Å². The zero-order chi connectivity index (χ0) is 15.0. The molecule has 0 amide bonds. The molecule has 1 aromatic carbocycles. The summed E-state index contributed by atoms with van der Waals surface area (Å²) in [6.07, 6.45) is 2.82. The highest BCUT2D eigenvalue weighted by Crippen LogP contribution is 2.31. The van der Waals surface area contributed by atoms with Crippen LogP contribution in [0.25, 0.3) is 10.2 Å².